The van der Waals surface area contributed by atoms with E-state index in [0.29, 0.717) is 17.3 Å². The molecule has 0 fully saturated rings. The number of hydrogen-bond donors (Lipinski definition) is 2. The molecule has 8 nitrogen and oxygen atoms in total. The number of amides is 1. The van der Waals surface area contributed by atoms with Gasteiger partial charge in [-0.15, -0.1) is 11.3 Å². The second-order valence-electron chi connectivity index (χ2n) is 7.38. The molecular weight excluding hydrogens is 442 g/mol. The zero-order chi connectivity index (χ0) is 22.5. The number of aromatic nitrogens is 5. The molecule has 0 saturated carbocycles. The van der Waals surface area contributed by atoms with Gasteiger partial charge < -0.3 is 9.47 Å². The van der Waals surface area contributed by atoms with Gasteiger partial charge in [0.15, 0.2) is 10.6 Å². The van der Waals surface area contributed by atoms with E-state index >= 15 is 0 Å². The molecule has 0 bridgehead atoms. The van der Waals surface area contributed by atoms with E-state index in [9.17, 15) is 4.79 Å². The van der Waals surface area contributed by atoms with E-state index in [-0.39, 0.29) is 12.3 Å². The molecule has 2 N–H and O–H groups in total. The van der Waals surface area contributed by atoms with Crippen molar-refractivity contribution in [1.29, 1.82) is 0 Å². The fraction of sp³-hybridized carbons (Fsp3) is 0.364. The SMILES string of the molecule is CCN(CC)CCn1c(NC(=O)CCn2c(-c3cccs3)n[nH]c2=S)nc2ccccc21. The van der Waals surface area contributed by atoms with Crippen LogP contribution in [0, 0.1) is 4.77 Å². The van der Waals surface area contributed by atoms with Crippen LogP contribution in [0.1, 0.15) is 20.3 Å². The highest BCUT2D eigenvalue weighted by atomic mass is 32.1. The van der Waals surface area contributed by atoms with Crippen molar-refractivity contribution < 1.29 is 4.79 Å². The highest BCUT2D eigenvalue weighted by Gasteiger charge is 2.16. The van der Waals surface area contributed by atoms with Crippen LogP contribution in [0.4, 0.5) is 5.95 Å². The molecule has 4 rings (SSSR count). The highest BCUT2D eigenvalue weighted by Crippen LogP contribution is 2.23. The van der Waals surface area contributed by atoms with E-state index in [1.54, 1.807) is 11.3 Å². The summed E-state index contributed by atoms with van der Waals surface area (Å²) in [6.45, 7) is 8.38. The molecular formula is C22H27N7OS2. The van der Waals surface area contributed by atoms with Crippen LogP contribution in [0.5, 0.6) is 0 Å². The number of likely N-dealkylation sites (N-methyl/N-ethyl adjacent to an activating group) is 1. The summed E-state index contributed by atoms with van der Waals surface area (Å²) in [5, 5.41) is 12.2. The van der Waals surface area contributed by atoms with Gasteiger partial charge in [-0.1, -0.05) is 32.0 Å². The normalized spacial score (nSPS) is 11.5. The number of H-pyrrole nitrogens is 1. The number of benzene rings is 1. The first-order chi connectivity index (χ1) is 15.6. The summed E-state index contributed by atoms with van der Waals surface area (Å²) in [6, 6.07) is 11.9. The number of nitrogens with zero attached hydrogens (tertiary/aromatic N) is 5. The smallest absolute Gasteiger partial charge is 0.228 e. The van der Waals surface area contributed by atoms with E-state index in [1.807, 2.05) is 46.3 Å². The van der Waals surface area contributed by atoms with Gasteiger partial charge in [0.25, 0.3) is 0 Å². The summed E-state index contributed by atoms with van der Waals surface area (Å²) in [5.74, 6) is 1.23. The average molecular weight is 470 g/mol. The lowest BCUT2D eigenvalue weighted by molar-refractivity contribution is -0.116. The minimum atomic E-state index is -0.107. The Morgan fingerprint density at radius 3 is 2.72 bits per heavy atom. The maximum absolute atomic E-state index is 12.8. The van der Waals surface area contributed by atoms with Gasteiger partial charge in [0.05, 0.1) is 15.9 Å². The predicted molar refractivity (Wildman–Crippen MR) is 131 cm³/mol. The van der Waals surface area contributed by atoms with Gasteiger partial charge in [-0.2, -0.15) is 5.10 Å². The first-order valence-electron chi connectivity index (χ1n) is 10.8. The summed E-state index contributed by atoms with van der Waals surface area (Å²) in [6.07, 6.45) is 0.269. The molecule has 168 valence electrons. The predicted octanol–water partition coefficient (Wildman–Crippen LogP) is 4.39. The summed E-state index contributed by atoms with van der Waals surface area (Å²) in [5.41, 5.74) is 1.89. The van der Waals surface area contributed by atoms with Gasteiger partial charge in [-0.3, -0.25) is 19.8 Å². The summed E-state index contributed by atoms with van der Waals surface area (Å²) in [4.78, 5) is 20.9. The van der Waals surface area contributed by atoms with Crippen molar-refractivity contribution in [3.63, 3.8) is 0 Å². The van der Waals surface area contributed by atoms with Gasteiger partial charge in [0, 0.05) is 26.1 Å². The number of hydrogen-bond acceptors (Lipinski definition) is 6. The molecule has 4 aromatic rings. The quantitative estimate of drug-likeness (QED) is 0.337. The van der Waals surface area contributed by atoms with Crippen LogP contribution in [0.25, 0.3) is 21.7 Å². The zero-order valence-electron chi connectivity index (χ0n) is 18.2. The Balaban J connectivity index is 1.49. The Kier molecular flexibility index (Phi) is 7.13. The van der Waals surface area contributed by atoms with Gasteiger partial charge in [-0.25, -0.2) is 4.98 Å². The van der Waals surface area contributed by atoms with Crippen molar-refractivity contribution in [2.24, 2.45) is 0 Å². The molecule has 3 heterocycles. The summed E-state index contributed by atoms with van der Waals surface area (Å²) >= 11 is 6.96. The second kappa shape index (κ2) is 10.2. The van der Waals surface area contributed by atoms with Gasteiger partial charge in [0.2, 0.25) is 11.9 Å². The standard InChI is InChI=1S/C22H27N7OS2/c1-3-27(4-2)13-14-28-17-9-6-5-8-16(17)23-21(28)24-19(30)11-12-29-20(25-26-22(29)31)18-10-7-15-32-18/h5-10,15H,3-4,11-14H2,1-2H3,(H,26,31)(H,23,24,30). The third kappa shape index (κ3) is 4.82. The Morgan fingerprint density at radius 2 is 1.97 bits per heavy atom. The van der Waals surface area contributed by atoms with Crippen molar-refractivity contribution in [3.8, 4) is 10.7 Å². The number of fused-ring (bicyclic) bond motifs is 1. The summed E-state index contributed by atoms with van der Waals surface area (Å²) < 4.78 is 4.46. The van der Waals surface area contributed by atoms with Crippen molar-refractivity contribution in [2.75, 3.05) is 25.0 Å². The molecule has 0 radical (unpaired) electrons. The molecule has 10 heteroatoms. The highest BCUT2D eigenvalue weighted by molar-refractivity contribution is 7.71. The Labute approximate surface area is 195 Å². The Bertz CT molecular complexity index is 1230. The van der Waals surface area contributed by atoms with E-state index in [2.05, 4.69) is 43.8 Å². The summed E-state index contributed by atoms with van der Waals surface area (Å²) in [7, 11) is 0. The van der Waals surface area contributed by atoms with Crippen LogP contribution >= 0.6 is 23.6 Å². The lowest BCUT2D eigenvalue weighted by Crippen LogP contribution is -2.27. The largest absolute Gasteiger partial charge is 0.309 e. The number of carbonyl (C=O) groups excluding carboxylic acids is 1. The lowest BCUT2D eigenvalue weighted by atomic mass is 10.3. The fourth-order valence-corrected chi connectivity index (χ4v) is 4.64. The number of imidazole rings is 1. The van der Waals surface area contributed by atoms with E-state index < -0.39 is 0 Å². The van der Waals surface area contributed by atoms with Crippen LogP contribution in [-0.2, 0) is 17.9 Å². The molecule has 0 saturated heterocycles. The van der Waals surface area contributed by atoms with Crippen LogP contribution in [0.3, 0.4) is 0 Å². The van der Waals surface area contributed by atoms with Crippen molar-refractivity contribution in [1.82, 2.24) is 29.2 Å². The lowest BCUT2D eigenvalue weighted by Gasteiger charge is -2.19. The minimum Gasteiger partial charge on any atom is -0.309 e. The number of para-hydroxylation sites is 2. The van der Waals surface area contributed by atoms with Crippen molar-refractivity contribution >= 4 is 46.4 Å². The molecule has 0 aliphatic heterocycles. The number of thiophene rings is 1. The third-order valence-electron chi connectivity index (χ3n) is 5.50. The van der Waals surface area contributed by atoms with Crippen molar-refractivity contribution in [3.05, 3.63) is 46.5 Å². The third-order valence-corrected chi connectivity index (χ3v) is 6.68. The number of nitrogens with one attached hydrogen (secondary N) is 2. The maximum atomic E-state index is 12.8. The maximum Gasteiger partial charge on any atom is 0.228 e. The van der Waals surface area contributed by atoms with E-state index in [0.717, 1.165) is 47.9 Å². The topological polar surface area (TPSA) is 83.8 Å². The molecule has 32 heavy (non-hydrogen) atoms. The van der Waals surface area contributed by atoms with Gasteiger partial charge >= 0.3 is 0 Å². The van der Waals surface area contributed by atoms with Crippen molar-refractivity contribution in [2.45, 2.75) is 33.4 Å². The molecule has 0 unspecified atom stereocenters. The number of anilines is 1. The van der Waals surface area contributed by atoms with Crippen LogP contribution in [0.15, 0.2) is 41.8 Å². The Morgan fingerprint density at radius 1 is 1.16 bits per heavy atom. The minimum absolute atomic E-state index is 0.107. The van der Waals surface area contributed by atoms with Gasteiger partial charge in [-0.05, 0) is 48.9 Å². The second-order valence-corrected chi connectivity index (χ2v) is 8.72. The number of aromatic amines is 1. The van der Waals surface area contributed by atoms with Crippen LogP contribution in [-0.4, -0.2) is 54.8 Å². The van der Waals surface area contributed by atoms with Crippen LogP contribution in [0.2, 0.25) is 0 Å². The molecule has 3 aromatic heterocycles. The fourth-order valence-electron chi connectivity index (χ4n) is 3.70. The Hall–Kier alpha value is -2.82. The molecule has 1 amide bonds. The molecule has 1 aromatic carbocycles. The molecule has 0 aliphatic carbocycles. The van der Waals surface area contributed by atoms with E-state index in [1.165, 1.54) is 0 Å². The number of carbonyl (C=O) groups is 1. The van der Waals surface area contributed by atoms with Gasteiger partial charge in [0.1, 0.15) is 0 Å². The van der Waals surface area contributed by atoms with E-state index in [4.69, 9.17) is 12.2 Å². The first kappa shape index (κ1) is 22.4. The zero-order valence-corrected chi connectivity index (χ0v) is 19.9. The average Bonchev–Trinajstić information content (AvgIpc) is 3.52. The molecule has 0 atom stereocenters. The number of rotatable bonds is 10. The van der Waals surface area contributed by atoms with Crippen LogP contribution < -0.4 is 5.32 Å². The first-order valence-corrected chi connectivity index (χ1v) is 12.1. The molecule has 0 spiro atoms. The monoisotopic (exact) mass is 469 g/mol. The molecule has 0 aliphatic rings.